The number of halogens is 1. The molecule has 1 rings (SSSR count). The highest BCUT2D eigenvalue weighted by molar-refractivity contribution is 5.85. The first-order valence-corrected chi connectivity index (χ1v) is 6.83. The minimum atomic E-state index is -0.0466. The lowest BCUT2D eigenvalue weighted by Crippen LogP contribution is -2.47. The highest BCUT2D eigenvalue weighted by Crippen LogP contribution is 2.04. The molecule has 1 N–H and O–H groups in total. The van der Waals surface area contributed by atoms with Gasteiger partial charge in [0.1, 0.15) is 0 Å². The first-order valence-electron chi connectivity index (χ1n) is 6.83. The predicted octanol–water partition coefficient (Wildman–Crippen LogP) is 0.114. The largest absolute Gasteiger partial charge is 0.378 e. The summed E-state index contributed by atoms with van der Waals surface area (Å²) in [5.41, 5.74) is 0. The molecule has 1 saturated heterocycles. The Labute approximate surface area is 127 Å². The fraction of sp³-hybridized carbons (Fsp3) is 0.846. The second kappa shape index (κ2) is 9.96. The topological polar surface area (TPSA) is 61.9 Å². The van der Waals surface area contributed by atoms with Gasteiger partial charge in [-0.15, -0.1) is 12.4 Å². The lowest BCUT2D eigenvalue weighted by molar-refractivity contribution is -0.140. The van der Waals surface area contributed by atoms with Crippen molar-refractivity contribution in [2.24, 2.45) is 0 Å². The summed E-state index contributed by atoms with van der Waals surface area (Å²) >= 11 is 0. The van der Waals surface area contributed by atoms with Crippen LogP contribution in [0.25, 0.3) is 0 Å². The van der Waals surface area contributed by atoms with E-state index in [4.69, 9.17) is 4.74 Å². The molecule has 0 aromatic carbocycles. The Kier molecular flexibility index (Phi) is 9.54. The van der Waals surface area contributed by atoms with Gasteiger partial charge in [0.15, 0.2) is 0 Å². The minimum Gasteiger partial charge on any atom is -0.378 e. The van der Waals surface area contributed by atoms with E-state index in [1.54, 1.807) is 19.0 Å². The third-order valence-electron chi connectivity index (χ3n) is 3.09. The van der Waals surface area contributed by atoms with Gasteiger partial charge in [0.05, 0.1) is 19.8 Å². The van der Waals surface area contributed by atoms with Crippen LogP contribution in [0.4, 0.5) is 0 Å². The van der Waals surface area contributed by atoms with Crippen molar-refractivity contribution in [2.75, 3.05) is 46.9 Å². The van der Waals surface area contributed by atoms with Gasteiger partial charge >= 0.3 is 0 Å². The third-order valence-corrected chi connectivity index (χ3v) is 3.09. The van der Waals surface area contributed by atoms with Gasteiger partial charge < -0.3 is 19.9 Å². The Bertz CT molecular complexity index is 307. The summed E-state index contributed by atoms with van der Waals surface area (Å²) in [5.74, 6) is -0.0327. The van der Waals surface area contributed by atoms with Crippen molar-refractivity contribution in [3.63, 3.8) is 0 Å². The normalized spacial score (nSPS) is 18.1. The lowest BCUT2D eigenvalue weighted by atomic mass is 10.1. The molecular weight excluding hydrogens is 282 g/mol. The van der Waals surface area contributed by atoms with Crippen LogP contribution >= 0.6 is 12.4 Å². The Morgan fingerprint density at radius 3 is 2.50 bits per heavy atom. The molecule has 1 aliphatic heterocycles. The SMILES string of the molecule is CCCN(CC(=O)N(C)C)C(=O)CC1COCCN1.Cl. The summed E-state index contributed by atoms with van der Waals surface area (Å²) in [4.78, 5) is 27.1. The summed E-state index contributed by atoms with van der Waals surface area (Å²) in [7, 11) is 3.40. The number of hydrogen-bond donors (Lipinski definition) is 1. The Morgan fingerprint density at radius 1 is 1.30 bits per heavy atom. The van der Waals surface area contributed by atoms with E-state index in [2.05, 4.69) is 5.32 Å². The van der Waals surface area contributed by atoms with E-state index in [0.29, 0.717) is 26.2 Å². The van der Waals surface area contributed by atoms with Crippen molar-refractivity contribution >= 4 is 24.2 Å². The maximum atomic E-state index is 12.2. The molecule has 0 radical (unpaired) electrons. The van der Waals surface area contributed by atoms with E-state index in [0.717, 1.165) is 13.0 Å². The maximum Gasteiger partial charge on any atom is 0.241 e. The van der Waals surface area contributed by atoms with Crippen LogP contribution in [-0.2, 0) is 14.3 Å². The molecule has 118 valence electrons. The zero-order valence-electron chi connectivity index (χ0n) is 12.6. The van der Waals surface area contributed by atoms with Gasteiger partial charge in [-0.1, -0.05) is 6.92 Å². The zero-order chi connectivity index (χ0) is 14.3. The van der Waals surface area contributed by atoms with Gasteiger partial charge in [-0.3, -0.25) is 9.59 Å². The van der Waals surface area contributed by atoms with E-state index >= 15 is 0 Å². The van der Waals surface area contributed by atoms with Crippen LogP contribution in [-0.4, -0.2) is 74.6 Å². The molecule has 0 aromatic rings. The zero-order valence-corrected chi connectivity index (χ0v) is 13.4. The van der Waals surface area contributed by atoms with E-state index in [-0.39, 0.29) is 36.8 Å². The second-order valence-electron chi connectivity index (χ2n) is 5.03. The van der Waals surface area contributed by atoms with E-state index in [1.165, 1.54) is 4.90 Å². The van der Waals surface area contributed by atoms with E-state index < -0.39 is 0 Å². The van der Waals surface area contributed by atoms with Gasteiger partial charge in [-0.05, 0) is 6.42 Å². The highest BCUT2D eigenvalue weighted by Gasteiger charge is 2.22. The summed E-state index contributed by atoms with van der Waals surface area (Å²) in [5, 5.41) is 3.26. The fourth-order valence-electron chi connectivity index (χ4n) is 1.96. The molecular formula is C13H26ClN3O3. The van der Waals surface area contributed by atoms with Gasteiger partial charge in [-0.2, -0.15) is 0 Å². The first kappa shape index (κ1) is 19.1. The predicted molar refractivity (Wildman–Crippen MR) is 80.0 cm³/mol. The monoisotopic (exact) mass is 307 g/mol. The van der Waals surface area contributed by atoms with E-state index in [1.807, 2.05) is 6.92 Å². The lowest BCUT2D eigenvalue weighted by Gasteiger charge is -2.28. The maximum absolute atomic E-state index is 12.2. The molecule has 0 spiro atoms. The number of carbonyl (C=O) groups is 2. The van der Waals surface area contributed by atoms with Gasteiger partial charge in [0.2, 0.25) is 11.8 Å². The molecule has 6 nitrogen and oxygen atoms in total. The standard InChI is InChI=1S/C13H25N3O3.ClH/c1-4-6-16(9-13(18)15(2)3)12(17)8-11-10-19-7-5-14-11;/h11,14H,4-10H2,1-3H3;1H. The van der Waals surface area contributed by atoms with Gasteiger partial charge in [0.25, 0.3) is 0 Å². The molecule has 1 unspecified atom stereocenters. The van der Waals surface area contributed by atoms with Crippen molar-refractivity contribution in [3.8, 4) is 0 Å². The molecule has 1 fully saturated rings. The van der Waals surface area contributed by atoms with Crippen molar-refractivity contribution in [3.05, 3.63) is 0 Å². The first-order chi connectivity index (χ1) is 9.04. The van der Waals surface area contributed by atoms with Crippen LogP contribution < -0.4 is 5.32 Å². The van der Waals surface area contributed by atoms with Gasteiger partial charge in [0, 0.05) is 39.6 Å². The van der Waals surface area contributed by atoms with Crippen LogP contribution in [0.1, 0.15) is 19.8 Å². The van der Waals surface area contributed by atoms with Crippen molar-refractivity contribution < 1.29 is 14.3 Å². The van der Waals surface area contributed by atoms with E-state index in [9.17, 15) is 9.59 Å². The molecule has 1 aliphatic rings. The Morgan fingerprint density at radius 2 is 2.00 bits per heavy atom. The molecule has 0 aromatic heterocycles. The second-order valence-corrected chi connectivity index (χ2v) is 5.03. The van der Waals surface area contributed by atoms with Crippen LogP contribution in [0.3, 0.4) is 0 Å². The minimum absolute atomic E-state index is 0. The smallest absolute Gasteiger partial charge is 0.241 e. The Balaban J connectivity index is 0.00000361. The van der Waals surface area contributed by atoms with Crippen molar-refractivity contribution in [1.29, 1.82) is 0 Å². The number of nitrogens with one attached hydrogen (secondary N) is 1. The van der Waals surface area contributed by atoms with Crippen molar-refractivity contribution in [2.45, 2.75) is 25.8 Å². The fourth-order valence-corrected chi connectivity index (χ4v) is 1.96. The number of likely N-dealkylation sites (N-methyl/N-ethyl adjacent to an activating group) is 1. The number of nitrogens with zero attached hydrogens (tertiary/aromatic N) is 2. The Hall–Kier alpha value is -0.850. The molecule has 0 saturated carbocycles. The molecule has 0 bridgehead atoms. The number of rotatable bonds is 6. The summed E-state index contributed by atoms with van der Waals surface area (Å²) in [6.07, 6.45) is 1.24. The van der Waals surface area contributed by atoms with Crippen LogP contribution in [0.15, 0.2) is 0 Å². The van der Waals surface area contributed by atoms with Gasteiger partial charge in [-0.25, -0.2) is 0 Å². The summed E-state index contributed by atoms with van der Waals surface area (Å²) in [6.45, 7) is 4.82. The highest BCUT2D eigenvalue weighted by atomic mass is 35.5. The average Bonchev–Trinajstić information content (AvgIpc) is 2.39. The molecule has 1 atom stereocenters. The summed E-state index contributed by atoms with van der Waals surface area (Å²) in [6, 6.07) is 0.0649. The number of amides is 2. The molecule has 2 amide bonds. The van der Waals surface area contributed by atoms with Crippen LogP contribution in [0, 0.1) is 0 Å². The number of hydrogen-bond acceptors (Lipinski definition) is 4. The average molecular weight is 308 g/mol. The quantitative estimate of drug-likeness (QED) is 0.757. The number of carbonyl (C=O) groups excluding carboxylic acids is 2. The molecule has 20 heavy (non-hydrogen) atoms. The number of morpholine rings is 1. The van der Waals surface area contributed by atoms with Crippen LogP contribution in [0.2, 0.25) is 0 Å². The molecule has 0 aliphatic carbocycles. The van der Waals surface area contributed by atoms with Crippen LogP contribution in [0.5, 0.6) is 0 Å². The molecule has 7 heteroatoms. The molecule has 1 heterocycles. The third kappa shape index (κ3) is 6.54. The van der Waals surface area contributed by atoms with Crippen molar-refractivity contribution in [1.82, 2.24) is 15.1 Å². The number of ether oxygens (including phenoxy) is 1. The summed E-state index contributed by atoms with van der Waals surface area (Å²) < 4.78 is 5.33.